The van der Waals surface area contributed by atoms with Crippen LogP contribution in [-0.4, -0.2) is 29.3 Å². The van der Waals surface area contributed by atoms with Crippen LogP contribution in [0.4, 0.5) is 13.2 Å². The van der Waals surface area contributed by atoms with E-state index < -0.39 is 23.4 Å². The van der Waals surface area contributed by atoms with Crippen LogP contribution in [0.3, 0.4) is 0 Å². The number of fused-ring (bicyclic) bond motifs is 1. The van der Waals surface area contributed by atoms with Crippen LogP contribution in [0.1, 0.15) is 52.8 Å². The Balaban J connectivity index is 1.42. The third-order valence-electron chi connectivity index (χ3n) is 5.74. The van der Waals surface area contributed by atoms with Gasteiger partial charge < -0.3 is 0 Å². The molecule has 3 aromatic heterocycles. The fourth-order valence-electron chi connectivity index (χ4n) is 4.26. The summed E-state index contributed by atoms with van der Waals surface area (Å²) in [4.78, 5) is 13.3. The first kappa shape index (κ1) is 21.1. The van der Waals surface area contributed by atoms with E-state index in [1.807, 2.05) is 36.8 Å². The molecule has 1 aliphatic heterocycles. The molecular formula is C24H21F3N6. The predicted octanol–water partition coefficient (Wildman–Crippen LogP) is 4.99. The maximum atomic E-state index is 14.4. The Morgan fingerprint density at radius 1 is 1.03 bits per heavy atom. The van der Waals surface area contributed by atoms with Gasteiger partial charge in [0.2, 0.25) is 0 Å². The molecule has 0 unspecified atom stereocenters. The monoisotopic (exact) mass is 450 g/mol. The van der Waals surface area contributed by atoms with Crippen molar-refractivity contribution in [1.29, 1.82) is 0 Å². The molecule has 33 heavy (non-hydrogen) atoms. The Kier molecular flexibility index (Phi) is 5.32. The highest BCUT2D eigenvalue weighted by Gasteiger charge is 2.30. The molecule has 168 valence electrons. The van der Waals surface area contributed by atoms with E-state index in [-0.39, 0.29) is 5.56 Å². The Hall–Kier alpha value is -3.75. The van der Waals surface area contributed by atoms with Crippen LogP contribution in [0.15, 0.2) is 36.9 Å². The quantitative estimate of drug-likeness (QED) is 0.440. The van der Waals surface area contributed by atoms with Gasteiger partial charge in [0.15, 0.2) is 5.82 Å². The minimum Gasteiger partial charge on any atom is -0.290 e. The fourth-order valence-corrected chi connectivity index (χ4v) is 4.26. The average Bonchev–Trinajstić information content (AvgIpc) is 3.38. The van der Waals surface area contributed by atoms with Gasteiger partial charge in [-0.25, -0.2) is 32.8 Å². The van der Waals surface area contributed by atoms with Gasteiger partial charge in [-0.3, -0.25) is 4.57 Å². The largest absolute Gasteiger partial charge is 0.290 e. The lowest BCUT2D eigenvalue weighted by Gasteiger charge is -2.23. The number of aromatic nitrogens is 6. The van der Waals surface area contributed by atoms with E-state index in [9.17, 15) is 13.2 Å². The molecular weight excluding hydrogens is 429 g/mol. The molecule has 5 rings (SSSR count). The molecule has 0 saturated heterocycles. The highest BCUT2D eigenvalue weighted by molar-refractivity contribution is 5.67. The summed E-state index contributed by atoms with van der Waals surface area (Å²) >= 11 is 0. The van der Waals surface area contributed by atoms with E-state index in [0.717, 1.165) is 22.6 Å². The molecule has 0 fully saturated rings. The van der Waals surface area contributed by atoms with Gasteiger partial charge in [-0.05, 0) is 56.0 Å². The summed E-state index contributed by atoms with van der Waals surface area (Å²) in [6.07, 6.45) is 10.2. The molecule has 0 bridgehead atoms. The average molecular weight is 450 g/mol. The van der Waals surface area contributed by atoms with Crippen molar-refractivity contribution < 1.29 is 13.2 Å². The summed E-state index contributed by atoms with van der Waals surface area (Å²) in [5.41, 5.74) is 2.60. The normalized spacial score (nSPS) is 15.8. The number of benzene rings is 1. The predicted molar refractivity (Wildman–Crippen MR) is 117 cm³/mol. The van der Waals surface area contributed by atoms with Gasteiger partial charge in [-0.15, -0.1) is 0 Å². The number of nitrogens with zero attached hydrogens (tertiary/aromatic N) is 6. The first-order valence-electron chi connectivity index (χ1n) is 10.6. The zero-order valence-corrected chi connectivity index (χ0v) is 18.1. The fraction of sp³-hybridized carbons (Fsp3) is 0.250. The lowest BCUT2D eigenvalue weighted by molar-refractivity contribution is 0.421. The van der Waals surface area contributed by atoms with Crippen LogP contribution in [-0.2, 0) is 6.54 Å². The molecule has 1 aliphatic rings. The minimum absolute atomic E-state index is 0.162. The van der Waals surface area contributed by atoms with Gasteiger partial charge in [-0.2, -0.15) is 5.10 Å². The summed E-state index contributed by atoms with van der Waals surface area (Å²) in [5.74, 6) is -1.64. The van der Waals surface area contributed by atoms with Crippen molar-refractivity contribution >= 4 is 12.2 Å². The first-order valence-corrected chi connectivity index (χ1v) is 10.6. The van der Waals surface area contributed by atoms with E-state index in [2.05, 4.69) is 20.1 Å². The molecule has 6 nitrogen and oxygen atoms in total. The Labute approximate surface area is 188 Å². The molecule has 0 N–H and O–H groups in total. The molecule has 1 aromatic carbocycles. The van der Waals surface area contributed by atoms with Gasteiger partial charge in [0, 0.05) is 42.6 Å². The van der Waals surface area contributed by atoms with Crippen LogP contribution in [0, 0.1) is 31.3 Å². The number of hydrogen-bond acceptors (Lipinski definition) is 4. The van der Waals surface area contributed by atoms with Crippen LogP contribution < -0.4 is 0 Å². The summed E-state index contributed by atoms with van der Waals surface area (Å²) in [5, 5.41) is 4.48. The molecule has 1 atom stereocenters. The van der Waals surface area contributed by atoms with Crippen molar-refractivity contribution in [2.24, 2.45) is 0 Å². The second-order valence-electron chi connectivity index (χ2n) is 8.19. The number of imidazole rings is 1. The van der Waals surface area contributed by atoms with Gasteiger partial charge in [0.1, 0.15) is 35.4 Å². The van der Waals surface area contributed by atoms with Gasteiger partial charge >= 0.3 is 0 Å². The Morgan fingerprint density at radius 3 is 2.52 bits per heavy atom. The highest BCUT2D eigenvalue weighted by atomic mass is 19.1. The van der Waals surface area contributed by atoms with Crippen molar-refractivity contribution in [3.05, 3.63) is 88.4 Å². The molecule has 4 heterocycles. The third-order valence-corrected chi connectivity index (χ3v) is 5.74. The first-order chi connectivity index (χ1) is 15.9. The van der Waals surface area contributed by atoms with E-state index in [1.54, 1.807) is 23.3 Å². The summed E-state index contributed by atoms with van der Waals surface area (Å²) < 4.78 is 45.7. The second kappa shape index (κ2) is 8.31. The lowest BCUT2D eigenvalue weighted by Crippen LogP contribution is -2.20. The number of rotatable bonds is 4. The van der Waals surface area contributed by atoms with Gasteiger partial charge in [-0.1, -0.05) is 0 Å². The van der Waals surface area contributed by atoms with Crippen LogP contribution in [0.25, 0.3) is 18.0 Å². The smallest absolute Gasteiger partial charge is 0.174 e. The summed E-state index contributed by atoms with van der Waals surface area (Å²) in [6, 6.07) is 3.41. The van der Waals surface area contributed by atoms with Crippen molar-refractivity contribution in [2.45, 2.75) is 39.2 Å². The van der Waals surface area contributed by atoms with E-state index >= 15 is 0 Å². The second-order valence-corrected chi connectivity index (χ2v) is 8.19. The maximum Gasteiger partial charge on any atom is 0.174 e. The van der Waals surface area contributed by atoms with Crippen molar-refractivity contribution in [3.8, 4) is 5.82 Å². The van der Waals surface area contributed by atoms with Gasteiger partial charge in [0.05, 0.1) is 5.69 Å². The topological polar surface area (TPSA) is 61.4 Å². The van der Waals surface area contributed by atoms with Crippen molar-refractivity contribution in [1.82, 2.24) is 29.3 Å². The van der Waals surface area contributed by atoms with Crippen LogP contribution >= 0.6 is 0 Å². The van der Waals surface area contributed by atoms with E-state index in [0.29, 0.717) is 43.2 Å². The number of aryl methyl sites for hydroxylation is 3. The standard InChI is InChI=1S/C24H21F3N6/c1-14-8-16(11-28-23(14)32-12-15(2)29-13-32)5-6-21-30-24-18(4-3-7-33(24)31-21)22-19(26)9-17(25)10-20(22)27/h5-6,8-13,18H,3-4,7H2,1-2H3/b6-5+/t18-/m0/s1. The molecule has 0 saturated carbocycles. The Morgan fingerprint density at radius 2 is 1.82 bits per heavy atom. The molecule has 0 aliphatic carbocycles. The number of hydrogen-bond donors (Lipinski definition) is 0. The van der Waals surface area contributed by atoms with Crippen molar-refractivity contribution in [3.63, 3.8) is 0 Å². The van der Waals surface area contributed by atoms with E-state index in [1.165, 1.54) is 0 Å². The maximum absolute atomic E-state index is 14.4. The zero-order valence-electron chi connectivity index (χ0n) is 18.1. The molecule has 0 spiro atoms. The molecule has 9 heteroatoms. The number of halogens is 3. The van der Waals surface area contributed by atoms with Gasteiger partial charge in [0.25, 0.3) is 0 Å². The summed E-state index contributed by atoms with van der Waals surface area (Å²) in [6.45, 7) is 4.50. The van der Waals surface area contributed by atoms with Crippen molar-refractivity contribution in [2.75, 3.05) is 0 Å². The third kappa shape index (κ3) is 4.06. The lowest BCUT2D eigenvalue weighted by atomic mass is 9.90. The SMILES string of the molecule is Cc1cn(-c2ncc(/C=C/c3nc4n(n3)CCC[C@H]4c3c(F)cc(F)cc3F)cc2C)cn1. The molecule has 4 aromatic rings. The summed E-state index contributed by atoms with van der Waals surface area (Å²) in [7, 11) is 0. The molecule has 0 amide bonds. The Bertz CT molecular complexity index is 1350. The molecule has 0 radical (unpaired) electrons. The minimum atomic E-state index is -0.937. The zero-order chi connectivity index (χ0) is 23.1. The van der Waals surface area contributed by atoms with Crippen LogP contribution in [0.2, 0.25) is 0 Å². The number of pyridine rings is 1. The van der Waals surface area contributed by atoms with Crippen LogP contribution in [0.5, 0.6) is 0 Å². The van der Waals surface area contributed by atoms with E-state index in [4.69, 9.17) is 0 Å². The highest BCUT2D eigenvalue weighted by Crippen LogP contribution is 2.35.